The summed E-state index contributed by atoms with van der Waals surface area (Å²) in [5.41, 5.74) is 1.10. The number of carboxylic acids is 1. The maximum Gasteiger partial charge on any atom is 0.321 e. The topological polar surface area (TPSA) is 69.6 Å². The van der Waals surface area contributed by atoms with Gasteiger partial charge < -0.3 is 15.3 Å². The van der Waals surface area contributed by atoms with E-state index < -0.39 is 23.7 Å². The highest BCUT2D eigenvalue weighted by Gasteiger charge is 2.28. The SMILES string of the molecule is Cc1ccc(F)c(Br)c1NC(=O)N1CCCC(C(=O)O)C1. The second-order valence-corrected chi connectivity index (χ2v) is 5.90. The molecule has 1 fully saturated rings. The number of halogens is 2. The average molecular weight is 359 g/mol. The van der Waals surface area contributed by atoms with Crippen molar-refractivity contribution in [2.75, 3.05) is 18.4 Å². The number of aryl methyl sites for hydroxylation is 1. The van der Waals surface area contributed by atoms with Crippen molar-refractivity contribution in [3.8, 4) is 0 Å². The van der Waals surface area contributed by atoms with E-state index in [4.69, 9.17) is 5.11 Å². The quantitative estimate of drug-likeness (QED) is 0.852. The Morgan fingerprint density at radius 2 is 2.19 bits per heavy atom. The van der Waals surface area contributed by atoms with E-state index >= 15 is 0 Å². The normalized spacial score (nSPS) is 18.4. The summed E-state index contributed by atoms with van der Waals surface area (Å²) in [5.74, 6) is -1.89. The molecule has 1 aliphatic rings. The van der Waals surface area contributed by atoms with Gasteiger partial charge in [-0.15, -0.1) is 0 Å². The van der Waals surface area contributed by atoms with Crippen LogP contribution in [0.15, 0.2) is 16.6 Å². The highest BCUT2D eigenvalue weighted by Crippen LogP contribution is 2.29. The number of piperidine rings is 1. The molecule has 21 heavy (non-hydrogen) atoms. The Balaban J connectivity index is 2.11. The van der Waals surface area contributed by atoms with E-state index in [1.165, 1.54) is 11.0 Å². The summed E-state index contributed by atoms with van der Waals surface area (Å²) in [6, 6.07) is 2.48. The number of carbonyl (C=O) groups excluding carboxylic acids is 1. The number of carboxylic acid groups (broad SMARTS) is 1. The third-order valence-corrected chi connectivity index (χ3v) is 4.37. The van der Waals surface area contributed by atoms with Crippen LogP contribution in [0.1, 0.15) is 18.4 Å². The lowest BCUT2D eigenvalue weighted by Crippen LogP contribution is -2.44. The van der Waals surface area contributed by atoms with Crippen molar-refractivity contribution in [2.24, 2.45) is 5.92 Å². The minimum absolute atomic E-state index is 0.174. The first kappa shape index (κ1) is 15.8. The summed E-state index contributed by atoms with van der Waals surface area (Å²) in [7, 11) is 0. The Morgan fingerprint density at radius 1 is 1.48 bits per heavy atom. The molecule has 0 aromatic heterocycles. The monoisotopic (exact) mass is 358 g/mol. The van der Waals surface area contributed by atoms with Gasteiger partial charge in [0.05, 0.1) is 16.1 Å². The molecular weight excluding hydrogens is 343 g/mol. The second kappa shape index (κ2) is 6.43. The van der Waals surface area contributed by atoms with Crippen LogP contribution in [0.5, 0.6) is 0 Å². The zero-order valence-electron chi connectivity index (χ0n) is 11.5. The van der Waals surface area contributed by atoms with E-state index in [2.05, 4.69) is 21.2 Å². The number of carbonyl (C=O) groups is 2. The number of benzene rings is 1. The third kappa shape index (κ3) is 3.53. The van der Waals surface area contributed by atoms with Gasteiger partial charge in [-0.1, -0.05) is 6.07 Å². The van der Waals surface area contributed by atoms with Crippen LogP contribution >= 0.6 is 15.9 Å². The molecule has 1 atom stereocenters. The van der Waals surface area contributed by atoms with Crippen LogP contribution in [0.4, 0.5) is 14.9 Å². The van der Waals surface area contributed by atoms with Gasteiger partial charge in [0.25, 0.3) is 0 Å². The van der Waals surface area contributed by atoms with E-state index in [1.807, 2.05) is 0 Å². The summed E-state index contributed by atoms with van der Waals surface area (Å²) in [6.45, 7) is 2.44. The number of hydrogen-bond acceptors (Lipinski definition) is 2. The molecule has 2 amide bonds. The molecule has 5 nitrogen and oxygen atoms in total. The van der Waals surface area contributed by atoms with Gasteiger partial charge >= 0.3 is 12.0 Å². The standard InChI is InChI=1S/C14H16BrFN2O3/c1-8-4-5-10(16)11(15)12(8)17-14(21)18-6-2-3-9(7-18)13(19)20/h4-5,9H,2-3,6-7H2,1H3,(H,17,21)(H,19,20). The molecule has 1 aromatic carbocycles. The molecule has 1 aliphatic heterocycles. The first-order valence-corrected chi connectivity index (χ1v) is 7.42. The predicted molar refractivity (Wildman–Crippen MR) is 79.8 cm³/mol. The van der Waals surface area contributed by atoms with Gasteiger partial charge in [-0.2, -0.15) is 0 Å². The van der Waals surface area contributed by atoms with Crippen LogP contribution < -0.4 is 5.32 Å². The molecule has 2 N–H and O–H groups in total. The van der Waals surface area contributed by atoms with Crippen LogP contribution in [0, 0.1) is 18.7 Å². The third-order valence-electron chi connectivity index (χ3n) is 3.59. The maximum atomic E-state index is 13.5. The molecule has 0 bridgehead atoms. The van der Waals surface area contributed by atoms with Gasteiger partial charge in [0.15, 0.2) is 0 Å². The smallest absolute Gasteiger partial charge is 0.321 e. The number of nitrogens with one attached hydrogen (secondary N) is 1. The van der Waals surface area contributed by atoms with Crippen LogP contribution in [0.2, 0.25) is 0 Å². The molecule has 7 heteroatoms. The molecule has 1 aromatic rings. The van der Waals surface area contributed by atoms with Crippen molar-refractivity contribution in [2.45, 2.75) is 19.8 Å². The Bertz CT molecular complexity index is 580. The number of nitrogens with zero attached hydrogens (tertiary/aromatic N) is 1. The second-order valence-electron chi connectivity index (χ2n) is 5.11. The highest BCUT2D eigenvalue weighted by atomic mass is 79.9. The predicted octanol–water partition coefficient (Wildman–Crippen LogP) is 3.23. The molecule has 1 heterocycles. The van der Waals surface area contributed by atoms with Crippen molar-refractivity contribution in [1.82, 2.24) is 4.90 Å². The Hall–Kier alpha value is -1.63. The average Bonchev–Trinajstić information content (AvgIpc) is 2.47. The molecule has 0 aliphatic carbocycles. The molecule has 0 spiro atoms. The van der Waals surface area contributed by atoms with Gasteiger partial charge in [0.2, 0.25) is 0 Å². The first-order valence-electron chi connectivity index (χ1n) is 6.63. The molecular formula is C14H16BrFN2O3. The maximum absolute atomic E-state index is 13.5. The molecule has 2 rings (SSSR count). The minimum atomic E-state index is -0.893. The Labute approximate surface area is 130 Å². The zero-order valence-corrected chi connectivity index (χ0v) is 13.1. The highest BCUT2D eigenvalue weighted by molar-refractivity contribution is 9.10. The van der Waals surface area contributed by atoms with Gasteiger partial charge in [-0.25, -0.2) is 9.18 Å². The van der Waals surface area contributed by atoms with Crippen molar-refractivity contribution in [3.05, 3.63) is 28.0 Å². The van der Waals surface area contributed by atoms with Crippen molar-refractivity contribution < 1.29 is 19.1 Å². The molecule has 1 saturated heterocycles. The number of urea groups is 1. The van der Waals surface area contributed by atoms with Crippen LogP contribution in [-0.2, 0) is 4.79 Å². The van der Waals surface area contributed by atoms with E-state index in [1.54, 1.807) is 13.0 Å². The van der Waals surface area contributed by atoms with Crippen LogP contribution in [-0.4, -0.2) is 35.1 Å². The molecule has 1 unspecified atom stereocenters. The molecule has 0 saturated carbocycles. The van der Waals surface area contributed by atoms with Crippen molar-refractivity contribution in [3.63, 3.8) is 0 Å². The fourth-order valence-electron chi connectivity index (χ4n) is 2.35. The zero-order chi connectivity index (χ0) is 15.6. The fraction of sp³-hybridized carbons (Fsp3) is 0.429. The largest absolute Gasteiger partial charge is 0.481 e. The van der Waals surface area contributed by atoms with Gasteiger partial charge in [0.1, 0.15) is 5.82 Å². The summed E-state index contributed by atoms with van der Waals surface area (Å²) in [6.07, 6.45) is 1.22. The number of aliphatic carboxylic acids is 1. The summed E-state index contributed by atoms with van der Waals surface area (Å²) in [5, 5.41) is 11.7. The molecule has 0 radical (unpaired) electrons. The number of rotatable bonds is 2. The molecule has 114 valence electrons. The number of anilines is 1. The van der Waals surface area contributed by atoms with E-state index in [0.717, 1.165) is 5.56 Å². The van der Waals surface area contributed by atoms with E-state index in [9.17, 15) is 14.0 Å². The Kier molecular flexibility index (Phi) is 4.82. The lowest BCUT2D eigenvalue weighted by atomic mass is 9.99. The first-order chi connectivity index (χ1) is 9.90. The van der Waals surface area contributed by atoms with Gasteiger partial charge in [-0.3, -0.25) is 4.79 Å². The van der Waals surface area contributed by atoms with E-state index in [0.29, 0.717) is 25.1 Å². The fourth-order valence-corrected chi connectivity index (χ4v) is 2.89. The minimum Gasteiger partial charge on any atom is -0.481 e. The lowest BCUT2D eigenvalue weighted by Gasteiger charge is -2.31. The number of amides is 2. The number of likely N-dealkylation sites (tertiary alicyclic amines) is 1. The number of hydrogen-bond donors (Lipinski definition) is 2. The van der Waals surface area contributed by atoms with Crippen molar-refractivity contribution >= 4 is 33.6 Å². The summed E-state index contributed by atoms with van der Waals surface area (Å²) < 4.78 is 13.7. The van der Waals surface area contributed by atoms with Gasteiger partial charge in [0, 0.05) is 13.1 Å². The summed E-state index contributed by atoms with van der Waals surface area (Å²) in [4.78, 5) is 24.7. The van der Waals surface area contributed by atoms with Crippen molar-refractivity contribution in [1.29, 1.82) is 0 Å². The van der Waals surface area contributed by atoms with Crippen LogP contribution in [0.3, 0.4) is 0 Å². The Morgan fingerprint density at radius 3 is 2.86 bits per heavy atom. The summed E-state index contributed by atoms with van der Waals surface area (Å²) >= 11 is 3.12. The van der Waals surface area contributed by atoms with Crippen LogP contribution in [0.25, 0.3) is 0 Å². The van der Waals surface area contributed by atoms with Gasteiger partial charge in [-0.05, 0) is 47.3 Å². The van der Waals surface area contributed by atoms with E-state index in [-0.39, 0.29) is 11.0 Å². The lowest BCUT2D eigenvalue weighted by molar-refractivity contribution is -0.143.